The highest BCUT2D eigenvalue weighted by molar-refractivity contribution is 7.89. The molecule has 1 saturated carbocycles. The third-order valence-corrected chi connectivity index (χ3v) is 8.36. The molecule has 3 fully saturated rings. The molecule has 1 aromatic rings. The van der Waals surface area contributed by atoms with Crippen molar-refractivity contribution in [2.75, 3.05) is 32.0 Å². The SMILES string of the molecule is C/C=C/c1ccc([C@@H]2[C@H](CO)N(CC3CC3)C23CN(S(=O)(=O)CC)C3)cc1. The quantitative estimate of drug-likeness (QED) is 0.776. The molecule has 1 spiro atoms. The Morgan fingerprint density at radius 2 is 1.89 bits per heavy atom. The molecule has 1 aliphatic carbocycles. The van der Waals surface area contributed by atoms with Crippen LogP contribution >= 0.6 is 0 Å². The van der Waals surface area contributed by atoms with E-state index in [0.717, 1.165) is 12.1 Å². The first-order valence-corrected chi connectivity index (χ1v) is 11.6. The highest BCUT2D eigenvalue weighted by atomic mass is 32.2. The standard InChI is InChI=1S/C21H30N2O3S/c1-3-5-16-8-10-18(11-9-16)20-19(13-24)23(12-17-6-7-17)21(20)14-22(15-21)27(25,26)4-2/h3,5,8-11,17,19-20,24H,4,6-7,12-15H2,1-2H3/b5-3+/t19-,20+/m0/s1. The molecule has 27 heavy (non-hydrogen) atoms. The Hall–Kier alpha value is -1.21. The van der Waals surface area contributed by atoms with Crippen LogP contribution in [0.2, 0.25) is 0 Å². The fourth-order valence-corrected chi connectivity index (χ4v) is 6.13. The topological polar surface area (TPSA) is 60.9 Å². The third-order valence-electron chi connectivity index (χ3n) is 6.59. The zero-order chi connectivity index (χ0) is 19.2. The molecule has 3 aliphatic rings. The summed E-state index contributed by atoms with van der Waals surface area (Å²) in [6.45, 7) is 5.91. The van der Waals surface area contributed by atoms with Crippen molar-refractivity contribution in [3.63, 3.8) is 0 Å². The molecule has 0 unspecified atom stereocenters. The number of sulfonamides is 1. The Morgan fingerprint density at radius 3 is 2.41 bits per heavy atom. The van der Waals surface area contributed by atoms with Gasteiger partial charge in [0.05, 0.1) is 17.9 Å². The maximum Gasteiger partial charge on any atom is 0.213 e. The fraction of sp³-hybridized carbons (Fsp3) is 0.619. The maximum absolute atomic E-state index is 12.3. The van der Waals surface area contributed by atoms with Crippen LogP contribution in [0, 0.1) is 5.92 Å². The molecule has 0 radical (unpaired) electrons. The van der Waals surface area contributed by atoms with Crippen LogP contribution in [-0.4, -0.2) is 66.3 Å². The third kappa shape index (κ3) is 3.16. The van der Waals surface area contributed by atoms with Crippen LogP contribution in [0.4, 0.5) is 0 Å². The highest BCUT2D eigenvalue weighted by Crippen LogP contribution is 2.55. The molecule has 2 heterocycles. The first-order valence-electron chi connectivity index (χ1n) is 10.0. The lowest BCUT2D eigenvalue weighted by Gasteiger charge is -2.70. The number of aliphatic hydroxyl groups is 1. The van der Waals surface area contributed by atoms with Gasteiger partial charge in [0.1, 0.15) is 0 Å². The Morgan fingerprint density at radius 1 is 1.22 bits per heavy atom. The van der Waals surface area contributed by atoms with Gasteiger partial charge < -0.3 is 5.11 Å². The molecular formula is C21H30N2O3S. The molecule has 5 nitrogen and oxygen atoms in total. The summed E-state index contributed by atoms with van der Waals surface area (Å²) in [4.78, 5) is 2.41. The van der Waals surface area contributed by atoms with E-state index >= 15 is 0 Å². The monoisotopic (exact) mass is 390 g/mol. The Kier molecular flexibility index (Phi) is 4.95. The Labute approximate surface area is 162 Å². The highest BCUT2D eigenvalue weighted by Gasteiger charge is 2.67. The lowest BCUT2D eigenvalue weighted by Crippen LogP contribution is -2.85. The van der Waals surface area contributed by atoms with E-state index in [4.69, 9.17) is 0 Å². The Bertz CT molecular complexity index is 808. The molecular weight excluding hydrogens is 360 g/mol. The predicted molar refractivity (Wildman–Crippen MR) is 108 cm³/mol. The summed E-state index contributed by atoms with van der Waals surface area (Å²) in [6, 6.07) is 8.61. The van der Waals surface area contributed by atoms with Crippen LogP contribution in [0.1, 0.15) is 43.7 Å². The van der Waals surface area contributed by atoms with E-state index in [9.17, 15) is 13.5 Å². The second kappa shape index (κ2) is 6.99. The van der Waals surface area contributed by atoms with Crippen molar-refractivity contribution in [1.82, 2.24) is 9.21 Å². The first-order chi connectivity index (χ1) is 12.9. The minimum atomic E-state index is -3.15. The zero-order valence-corrected chi connectivity index (χ0v) is 17.0. The van der Waals surface area contributed by atoms with Crippen molar-refractivity contribution >= 4 is 16.1 Å². The molecule has 2 saturated heterocycles. The second-order valence-corrected chi connectivity index (χ2v) is 10.5. The van der Waals surface area contributed by atoms with Gasteiger partial charge in [0.15, 0.2) is 0 Å². The smallest absolute Gasteiger partial charge is 0.213 e. The summed E-state index contributed by atoms with van der Waals surface area (Å²) >= 11 is 0. The number of aliphatic hydroxyl groups excluding tert-OH is 1. The molecule has 0 aromatic heterocycles. The summed E-state index contributed by atoms with van der Waals surface area (Å²) in [6.07, 6.45) is 6.60. The van der Waals surface area contributed by atoms with E-state index in [1.54, 1.807) is 11.2 Å². The van der Waals surface area contributed by atoms with Crippen LogP contribution in [0.3, 0.4) is 0 Å². The van der Waals surface area contributed by atoms with Gasteiger partial charge in [-0.2, -0.15) is 4.31 Å². The van der Waals surface area contributed by atoms with Gasteiger partial charge >= 0.3 is 0 Å². The van der Waals surface area contributed by atoms with E-state index in [0.29, 0.717) is 19.0 Å². The summed E-state index contributed by atoms with van der Waals surface area (Å²) in [7, 11) is -3.15. The van der Waals surface area contributed by atoms with Gasteiger partial charge in [0.2, 0.25) is 10.0 Å². The molecule has 1 N–H and O–H groups in total. The Balaban J connectivity index is 1.62. The molecule has 0 bridgehead atoms. The fourth-order valence-electron chi connectivity index (χ4n) is 4.93. The molecule has 2 aliphatic heterocycles. The minimum Gasteiger partial charge on any atom is -0.395 e. The lowest BCUT2D eigenvalue weighted by atomic mass is 9.61. The number of likely N-dealkylation sites (tertiary alicyclic amines) is 1. The lowest BCUT2D eigenvalue weighted by molar-refractivity contribution is -0.172. The number of hydrogen-bond donors (Lipinski definition) is 1. The van der Waals surface area contributed by atoms with Crippen molar-refractivity contribution in [3.05, 3.63) is 41.5 Å². The van der Waals surface area contributed by atoms with E-state index < -0.39 is 10.0 Å². The summed E-state index contributed by atoms with van der Waals surface area (Å²) in [5.41, 5.74) is 2.22. The van der Waals surface area contributed by atoms with Gasteiger partial charge in [0, 0.05) is 31.6 Å². The molecule has 0 amide bonds. The van der Waals surface area contributed by atoms with Gasteiger partial charge in [-0.15, -0.1) is 0 Å². The van der Waals surface area contributed by atoms with E-state index in [-0.39, 0.29) is 29.9 Å². The molecule has 2 atom stereocenters. The van der Waals surface area contributed by atoms with Crippen molar-refractivity contribution < 1.29 is 13.5 Å². The van der Waals surface area contributed by atoms with Gasteiger partial charge in [-0.3, -0.25) is 4.90 Å². The molecule has 6 heteroatoms. The number of hydrogen-bond acceptors (Lipinski definition) is 4. The minimum absolute atomic E-state index is 0.0876. The van der Waals surface area contributed by atoms with Gasteiger partial charge in [0.25, 0.3) is 0 Å². The zero-order valence-electron chi connectivity index (χ0n) is 16.2. The van der Waals surface area contributed by atoms with E-state index in [1.165, 1.54) is 18.4 Å². The summed E-state index contributed by atoms with van der Waals surface area (Å²) < 4.78 is 26.3. The predicted octanol–water partition coefficient (Wildman–Crippen LogP) is 2.29. The largest absolute Gasteiger partial charge is 0.395 e. The maximum atomic E-state index is 12.3. The molecule has 4 rings (SSSR count). The summed E-state index contributed by atoms with van der Waals surface area (Å²) in [5, 5.41) is 10.1. The van der Waals surface area contributed by atoms with Crippen molar-refractivity contribution in [2.45, 2.75) is 44.2 Å². The van der Waals surface area contributed by atoms with Crippen molar-refractivity contribution in [2.24, 2.45) is 5.92 Å². The number of allylic oxidation sites excluding steroid dienone is 1. The normalized spacial score (nSPS) is 28.4. The van der Waals surface area contributed by atoms with Crippen LogP contribution < -0.4 is 0 Å². The summed E-state index contributed by atoms with van der Waals surface area (Å²) in [5.74, 6) is 1.05. The molecule has 148 valence electrons. The van der Waals surface area contributed by atoms with Gasteiger partial charge in [-0.1, -0.05) is 36.4 Å². The van der Waals surface area contributed by atoms with Crippen LogP contribution in [0.25, 0.3) is 6.08 Å². The average Bonchev–Trinajstić information content (AvgIpc) is 3.43. The van der Waals surface area contributed by atoms with Crippen molar-refractivity contribution in [3.8, 4) is 0 Å². The van der Waals surface area contributed by atoms with E-state index in [1.807, 2.05) is 13.0 Å². The van der Waals surface area contributed by atoms with E-state index in [2.05, 4.69) is 35.2 Å². The number of nitrogens with zero attached hydrogens (tertiary/aromatic N) is 2. The first kappa shape index (κ1) is 19.1. The van der Waals surface area contributed by atoms with Gasteiger partial charge in [-0.25, -0.2) is 8.42 Å². The van der Waals surface area contributed by atoms with Crippen LogP contribution in [0.15, 0.2) is 30.3 Å². The molecule has 1 aromatic carbocycles. The van der Waals surface area contributed by atoms with Crippen LogP contribution in [0.5, 0.6) is 0 Å². The number of benzene rings is 1. The second-order valence-electron chi connectivity index (χ2n) is 8.26. The van der Waals surface area contributed by atoms with Crippen molar-refractivity contribution in [1.29, 1.82) is 0 Å². The number of rotatable bonds is 7. The van der Waals surface area contributed by atoms with Crippen LogP contribution in [-0.2, 0) is 10.0 Å². The van der Waals surface area contributed by atoms with Gasteiger partial charge in [-0.05, 0) is 43.7 Å². The average molecular weight is 391 g/mol.